The van der Waals surface area contributed by atoms with Crippen LogP contribution in [0.5, 0.6) is 0 Å². The minimum Gasteiger partial charge on any atom is -0.379 e. The first kappa shape index (κ1) is 25.4. The van der Waals surface area contributed by atoms with Crippen LogP contribution in [0.4, 0.5) is 17.6 Å². The Morgan fingerprint density at radius 2 is 1.59 bits per heavy atom. The lowest BCUT2D eigenvalue weighted by molar-refractivity contribution is 0.0378. The van der Waals surface area contributed by atoms with E-state index in [1.54, 1.807) is 0 Å². The van der Waals surface area contributed by atoms with E-state index < -0.39 is 0 Å². The molecule has 3 heterocycles. The van der Waals surface area contributed by atoms with Gasteiger partial charge in [-0.15, -0.1) is 0 Å². The van der Waals surface area contributed by atoms with Gasteiger partial charge in [-0.25, -0.2) is 0 Å². The van der Waals surface area contributed by atoms with E-state index in [-0.39, 0.29) is 0 Å². The standard InChI is InChI=1S/C29H38N6O2/c1-23-25(9-5-10-26(23)24-7-3-2-4-8-24)22-31-29-32-27(21-28(33-29)35-15-19-37-20-16-35)30-11-6-12-34-13-17-36-18-14-34/h2-5,7-10,21H,6,11-20,22H2,1H3,(H2,30,31,32,33). The topological polar surface area (TPSA) is 74.8 Å². The molecule has 3 aromatic rings. The molecular formula is C29H38N6O2. The molecule has 0 bridgehead atoms. The van der Waals surface area contributed by atoms with Crippen molar-refractivity contribution in [3.63, 3.8) is 0 Å². The first-order chi connectivity index (χ1) is 18.3. The molecule has 1 aromatic heterocycles. The van der Waals surface area contributed by atoms with E-state index in [2.05, 4.69) is 82.0 Å². The molecule has 196 valence electrons. The smallest absolute Gasteiger partial charge is 0.226 e. The number of rotatable bonds is 10. The zero-order valence-electron chi connectivity index (χ0n) is 21.8. The van der Waals surface area contributed by atoms with Crippen molar-refractivity contribution in [3.05, 3.63) is 65.7 Å². The van der Waals surface area contributed by atoms with Crippen LogP contribution >= 0.6 is 0 Å². The van der Waals surface area contributed by atoms with Gasteiger partial charge in [0.1, 0.15) is 11.6 Å². The lowest BCUT2D eigenvalue weighted by atomic mass is 9.96. The number of nitrogens with zero attached hydrogens (tertiary/aromatic N) is 4. The minimum atomic E-state index is 0.643. The second-order valence-corrected chi connectivity index (χ2v) is 9.58. The number of ether oxygens (including phenoxy) is 2. The quantitative estimate of drug-likeness (QED) is 0.403. The van der Waals surface area contributed by atoms with Crippen molar-refractivity contribution in [2.24, 2.45) is 0 Å². The van der Waals surface area contributed by atoms with Gasteiger partial charge in [0.2, 0.25) is 5.95 Å². The molecule has 5 rings (SSSR count). The number of hydrogen-bond acceptors (Lipinski definition) is 8. The van der Waals surface area contributed by atoms with Crippen molar-refractivity contribution in [1.82, 2.24) is 14.9 Å². The van der Waals surface area contributed by atoms with E-state index in [1.165, 1.54) is 22.3 Å². The van der Waals surface area contributed by atoms with Gasteiger partial charge in [-0.1, -0.05) is 48.5 Å². The van der Waals surface area contributed by atoms with Gasteiger partial charge in [-0.05, 0) is 42.1 Å². The highest BCUT2D eigenvalue weighted by Crippen LogP contribution is 2.26. The largest absolute Gasteiger partial charge is 0.379 e. The van der Waals surface area contributed by atoms with Gasteiger partial charge in [0, 0.05) is 45.3 Å². The minimum absolute atomic E-state index is 0.643. The maximum Gasteiger partial charge on any atom is 0.226 e. The van der Waals surface area contributed by atoms with Crippen LogP contribution in [0.1, 0.15) is 17.5 Å². The molecule has 2 aliphatic heterocycles. The summed E-state index contributed by atoms with van der Waals surface area (Å²) in [5.74, 6) is 2.44. The number of aromatic nitrogens is 2. The molecule has 2 saturated heterocycles. The molecule has 8 nitrogen and oxygen atoms in total. The summed E-state index contributed by atoms with van der Waals surface area (Å²) in [6.45, 7) is 11.6. The Kier molecular flexibility index (Phi) is 8.84. The summed E-state index contributed by atoms with van der Waals surface area (Å²) >= 11 is 0. The number of morpholine rings is 2. The van der Waals surface area contributed by atoms with Crippen LogP contribution in [-0.4, -0.2) is 80.6 Å². The Bertz CT molecular complexity index is 1130. The van der Waals surface area contributed by atoms with Crippen molar-refractivity contribution in [2.45, 2.75) is 19.9 Å². The van der Waals surface area contributed by atoms with E-state index >= 15 is 0 Å². The molecule has 8 heteroatoms. The summed E-state index contributed by atoms with van der Waals surface area (Å²) in [7, 11) is 0. The zero-order valence-corrected chi connectivity index (χ0v) is 21.8. The molecule has 0 atom stereocenters. The van der Waals surface area contributed by atoms with Crippen molar-refractivity contribution >= 4 is 17.6 Å². The SMILES string of the molecule is Cc1c(CNc2nc(NCCCN3CCOCC3)cc(N3CCOCC3)n2)cccc1-c1ccccc1. The van der Waals surface area contributed by atoms with Crippen LogP contribution in [-0.2, 0) is 16.0 Å². The molecule has 37 heavy (non-hydrogen) atoms. The summed E-state index contributed by atoms with van der Waals surface area (Å²) in [5.41, 5.74) is 5.00. The molecule has 2 aromatic carbocycles. The Hall–Kier alpha value is -3.20. The second kappa shape index (κ2) is 12.9. The van der Waals surface area contributed by atoms with Crippen molar-refractivity contribution in [2.75, 3.05) is 81.2 Å². The van der Waals surface area contributed by atoms with Gasteiger partial charge in [-0.3, -0.25) is 4.90 Å². The average molecular weight is 503 g/mol. The van der Waals surface area contributed by atoms with E-state index in [1.807, 2.05) is 0 Å². The zero-order chi connectivity index (χ0) is 25.3. The highest BCUT2D eigenvalue weighted by atomic mass is 16.5. The van der Waals surface area contributed by atoms with Crippen molar-refractivity contribution in [3.8, 4) is 11.1 Å². The average Bonchev–Trinajstić information content (AvgIpc) is 2.96. The fraction of sp³-hybridized carbons (Fsp3) is 0.448. The summed E-state index contributed by atoms with van der Waals surface area (Å²) in [6.07, 6.45) is 1.06. The second-order valence-electron chi connectivity index (χ2n) is 9.58. The summed E-state index contributed by atoms with van der Waals surface area (Å²) in [5, 5.41) is 7.04. The molecule has 0 unspecified atom stereocenters. The van der Waals surface area contributed by atoms with Gasteiger partial charge in [0.05, 0.1) is 26.4 Å². The molecule has 2 N–H and O–H groups in total. The third-order valence-electron chi connectivity index (χ3n) is 7.08. The van der Waals surface area contributed by atoms with Crippen LogP contribution in [0.2, 0.25) is 0 Å². The lowest BCUT2D eigenvalue weighted by Gasteiger charge is -2.28. The van der Waals surface area contributed by atoms with Crippen molar-refractivity contribution in [1.29, 1.82) is 0 Å². The normalized spacial score (nSPS) is 16.5. The summed E-state index contributed by atoms with van der Waals surface area (Å²) < 4.78 is 11.0. The van der Waals surface area contributed by atoms with Crippen LogP contribution in [0, 0.1) is 6.92 Å². The highest BCUT2D eigenvalue weighted by molar-refractivity contribution is 5.68. The van der Waals surface area contributed by atoms with Crippen molar-refractivity contribution < 1.29 is 9.47 Å². The molecule has 2 aliphatic rings. The van der Waals surface area contributed by atoms with Gasteiger partial charge in [0.25, 0.3) is 0 Å². The third-order valence-corrected chi connectivity index (χ3v) is 7.08. The fourth-order valence-corrected chi connectivity index (χ4v) is 4.88. The molecule has 2 fully saturated rings. The van der Waals surface area contributed by atoms with Crippen LogP contribution in [0.3, 0.4) is 0 Å². The Balaban J connectivity index is 1.27. The van der Waals surface area contributed by atoms with Gasteiger partial charge in [0.15, 0.2) is 0 Å². The van der Waals surface area contributed by atoms with E-state index in [4.69, 9.17) is 19.4 Å². The van der Waals surface area contributed by atoms with Crippen LogP contribution in [0.15, 0.2) is 54.6 Å². The maximum absolute atomic E-state index is 5.56. The van der Waals surface area contributed by atoms with E-state index in [0.717, 1.165) is 83.8 Å². The van der Waals surface area contributed by atoms with Gasteiger partial charge >= 0.3 is 0 Å². The molecule has 0 radical (unpaired) electrons. The summed E-state index contributed by atoms with van der Waals surface area (Å²) in [4.78, 5) is 14.4. The summed E-state index contributed by atoms with van der Waals surface area (Å²) in [6, 6.07) is 19.1. The first-order valence-electron chi connectivity index (χ1n) is 13.4. The van der Waals surface area contributed by atoms with Crippen LogP contribution in [0.25, 0.3) is 11.1 Å². The van der Waals surface area contributed by atoms with Crippen LogP contribution < -0.4 is 15.5 Å². The first-order valence-corrected chi connectivity index (χ1v) is 13.4. The van der Waals surface area contributed by atoms with E-state index in [0.29, 0.717) is 12.5 Å². The lowest BCUT2D eigenvalue weighted by Crippen LogP contribution is -2.37. The number of hydrogen-bond donors (Lipinski definition) is 2. The Morgan fingerprint density at radius 1 is 0.838 bits per heavy atom. The van der Waals surface area contributed by atoms with Gasteiger partial charge < -0.3 is 25.0 Å². The monoisotopic (exact) mass is 502 g/mol. The molecule has 0 aliphatic carbocycles. The van der Waals surface area contributed by atoms with E-state index in [9.17, 15) is 0 Å². The Morgan fingerprint density at radius 3 is 2.38 bits per heavy atom. The molecule has 0 amide bonds. The van der Waals surface area contributed by atoms with Gasteiger partial charge in [-0.2, -0.15) is 9.97 Å². The number of nitrogens with one attached hydrogen (secondary N) is 2. The fourth-order valence-electron chi connectivity index (χ4n) is 4.88. The number of benzene rings is 2. The number of anilines is 3. The predicted octanol–water partition coefficient (Wildman–Crippen LogP) is 4.03. The highest BCUT2D eigenvalue weighted by Gasteiger charge is 2.16. The maximum atomic E-state index is 5.56. The Labute approximate surface area is 220 Å². The third kappa shape index (κ3) is 6.97. The molecule has 0 saturated carbocycles. The molecular weight excluding hydrogens is 464 g/mol. The predicted molar refractivity (Wildman–Crippen MR) is 149 cm³/mol. The molecule has 0 spiro atoms.